The van der Waals surface area contributed by atoms with E-state index in [-0.39, 0.29) is 24.1 Å². The van der Waals surface area contributed by atoms with Gasteiger partial charge in [-0.05, 0) is 12.8 Å². The van der Waals surface area contributed by atoms with Crippen LogP contribution in [-0.4, -0.2) is 77.1 Å². The maximum absolute atomic E-state index is 12.6. The number of aliphatic hydroxyl groups excluding tert-OH is 2. The summed E-state index contributed by atoms with van der Waals surface area (Å²) in [6, 6.07) is -1.77. The lowest BCUT2D eigenvalue weighted by atomic mass is 9.95. The molecule has 4 rings (SSSR count). The van der Waals surface area contributed by atoms with E-state index in [4.69, 9.17) is 16.2 Å². The van der Waals surface area contributed by atoms with Crippen LogP contribution < -0.4 is 16.8 Å². The van der Waals surface area contributed by atoms with E-state index in [0.717, 1.165) is 6.42 Å². The van der Waals surface area contributed by atoms with Gasteiger partial charge in [-0.15, -0.1) is 0 Å². The number of aliphatic carboxylic acids is 1. The second-order valence-electron chi connectivity index (χ2n) is 7.97. The van der Waals surface area contributed by atoms with E-state index in [1.165, 1.54) is 17.1 Å². The molecule has 2 aliphatic rings. The fourth-order valence-corrected chi connectivity index (χ4v) is 4.24. The van der Waals surface area contributed by atoms with Crippen LogP contribution in [-0.2, 0) is 14.3 Å². The molecule has 2 aromatic rings. The van der Waals surface area contributed by atoms with Crippen molar-refractivity contribution in [2.24, 2.45) is 11.7 Å². The highest BCUT2D eigenvalue weighted by atomic mass is 16.5. The molecule has 31 heavy (non-hydrogen) atoms. The number of carbonyl (C=O) groups is 2. The zero-order valence-electron chi connectivity index (χ0n) is 16.5. The van der Waals surface area contributed by atoms with Crippen LogP contribution in [0, 0.1) is 5.92 Å². The number of aliphatic hydroxyl groups is 2. The number of nitrogens with two attached hydrogens (primary N) is 2. The summed E-state index contributed by atoms with van der Waals surface area (Å²) in [5.41, 5.74) is 12.2. The van der Waals surface area contributed by atoms with Gasteiger partial charge in [-0.3, -0.25) is 9.36 Å². The Morgan fingerprint density at radius 1 is 1.29 bits per heavy atom. The number of rotatable bonds is 5. The molecule has 0 radical (unpaired) electrons. The largest absolute Gasteiger partial charge is 0.480 e. The Kier molecular flexibility index (Phi) is 5.75. The van der Waals surface area contributed by atoms with Gasteiger partial charge in [0.1, 0.15) is 11.6 Å². The average molecular weight is 435 g/mol. The fraction of sp³-hybridized carbons (Fsp3) is 0.611. The van der Waals surface area contributed by atoms with Crippen molar-refractivity contribution >= 4 is 29.0 Å². The maximum Gasteiger partial charge on any atom is 0.328 e. The highest BCUT2D eigenvalue weighted by Gasteiger charge is 2.45. The predicted molar refractivity (Wildman–Crippen MR) is 105 cm³/mol. The van der Waals surface area contributed by atoms with Gasteiger partial charge >= 0.3 is 5.97 Å². The number of nitrogens with one attached hydrogen (secondary N) is 1. The summed E-state index contributed by atoms with van der Waals surface area (Å²) in [5, 5.41) is 33.2. The number of carbonyl (C=O) groups excluding carboxylic acids is 1. The third-order valence-electron chi connectivity index (χ3n) is 5.92. The van der Waals surface area contributed by atoms with Gasteiger partial charge < -0.3 is 36.8 Å². The number of carboxylic acid groups (broad SMARTS) is 1. The number of hydrogen-bond donors (Lipinski definition) is 6. The van der Waals surface area contributed by atoms with Crippen molar-refractivity contribution in [3.05, 3.63) is 12.5 Å². The van der Waals surface area contributed by atoms with Gasteiger partial charge in [0.25, 0.3) is 0 Å². The van der Waals surface area contributed by atoms with Crippen LogP contribution in [0.2, 0.25) is 0 Å². The molecule has 1 saturated heterocycles. The minimum Gasteiger partial charge on any atom is -0.480 e. The van der Waals surface area contributed by atoms with Gasteiger partial charge in [0.05, 0.1) is 30.7 Å². The summed E-state index contributed by atoms with van der Waals surface area (Å²) in [6.45, 7) is 0. The number of hydrogen-bond acceptors (Lipinski definition) is 10. The molecule has 3 heterocycles. The van der Waals surface area contributed by atoms with Crippen molar-refractivity contribution in [3.63, 3.8) is 0 Å². The molecule has 0 aromatic carbocycles. The van der Waals surface area contributed by atoms with Crippen LogP contribution in [0.4, 0.5) is 5.95 Å². The zero-order valence-corrected chi connectivity index (χ0v) is 16.5. The Morgan fingerprint density at radius 2 is 2.06 bits per heavy atom. The Labute approximate surface area is 176 Å². The van der Waals surface area contributed by atoms with E-state index in [1.807, 2.05) is 0 Å². The van der Waals surface area contributed by atoms with Crippen LogP contribution in [0.5, 0.6) is 0 Å². The highest BCUT2D eigenvalue weighted by Crippen LogP contribution is 2.32. The quantitative estimate of drug-likeness (QED) is 0.305. The van der Waals surface area contributed by atoms with Gasteiger partial charge in [-0.25, -0.2) is 14.8 Å². The van der Waals surface area contributed by atoms with E-state index in [2.05, 4.69) is 20.3 Å². The molecule has 1 aliphatic carbocycles. The number of imidazole rings is 1. The SMILES string of the molecule is Nc1ncc2ncn([C@@H]3O[C@@H]([C@H](NC(=O)C4CCCC4N)C(=O)O)C[C@H](O)[C@H]3O)c2n1. The molecular weight excluding hydrogens is 410 g/mol. The Bertz CT molecular complexity index is 983. The van der Waals surface area contributed by atoms with Crippen molar-refractivity contribution in [3.8, 4) is 0 Å². The molecule has 1 saturated carbocycles. The van der Waals surface area contributed by atoms with Gasteiger partial charge in [0.2, 0.25) is 11.9 Å². The molecular formula is C18H25N7O6. The van der Waals surface area contributed by atoms with Gasteiger partial charge in [-0.1, -0.05) is 6.42 Å². The second kappa shape index (κ2) is 8.34. The van der Waals surface area contributed by atoms with Crippen LogP contribution in [0.15, 0.2) is 12.5 Å². The summed E-state index contributed by atoms with van der Waals surface area (Å²) < 4.78 is 7.21. The molecule has 2 fully saturated rings. The number of anilines is 1. The van der Waals surface area contributed by atoms with Crippen LogP contribution in [0.3, 0.4) is 0 Å². The maximum atomic E-state index is 12.6. The van der Waals surface area contributed by atoms with Crippen molar-refractivity contribution in [1.82, 2.24) is 24.8 Å². The molecule has 8 N–H and O–H groups in total. The Hall–Kier alpha value is -2.87. The number of nitrogens with zero attached hydrogens (tertiary/aromatic N) is 4. The van der Waals surface area contributed by atoms with Crippen molar-refractivity contribution in [2.75, 3.05) is 5.73 Å². The first kappa shape index (κ1) is 21.4. The normalized spacial score (nSPS) is 32.1. The van der Waals surface area contributed by atoms with Crippen LogP contribution in [0.25, 0.3) is 11.2 Å². The number of amides is 1. The summed E-state index contributed by atoms with van der Waals surface area (Å²) in [4.78, 5) is 36.6. The van der Waals surface area contributed by atoms with Gasteiger partial charge in [0.15, 0.2) is 17.9 Å². The minimum atomic E-state index is -1.44. The minimum absolute atomic E-state index is 0.0276. The lowest BCUT2D eigenvalue weighted by Gasteiger charge is -2.40. The molecule has 168 valence electrons. The van der Waals surface area contributed by atoms with Crippen LogP contribution in [0.1, 0.15) is 31.9 Å². The summed E-state index contributed by atoms with van der Waals surface area (Å²) in [7, 11) is 0. The molecule has 7 atom stereocenters. The van der Waals surface area contributed by atoms with Crippen LogP contribution >= 0.6 is 0 Å². The number of carboxylic acids is 1. The summed E-state index contributed by atoms with van der Waals surface area (Å²) >= 11 is 0. The first-order valence-electron chi connectivity index (χ1n) is 10.0. The first-order chi connectivity index (χ1) is 14.8. The molecule has 1 amide bonds. The Balaban J connectivity index is 1.59. The van der Waals surface area contributed by atoms with E-state index >= 15 is 0 Å². The number of fused-ring (bicyclic) bond motifs is 1. The summed E-state index contributed by atoms with van der Waals surface area (Å²) in [5.74, 6) is -2.30. The predicted octanol–water partition coefficient (Wildman–Crippen LogP) is -1.89. The number of nitrogen functional groups attached to an aromatic ring is 1. The highest BCUT2D eigenvalue weighted by molar-refractivity contribution is 5.86. The monoisotopic (exact) mass is 435 g/mol. The lowest BCUT2D eigenvalue weighted by molar-refractivity contribution is -0.207. The van der Waals surface area contributed by atoms with E-state index in [1.54, 1.807) is 0 Å². The van der Waals surface area contributed by atoms with Crippen molar-refractivity contribution in [1.29, 1.82) is 0 Å². The third-order valence-corrected chi connectivity index (χ3v) is 5.92. The van der Waals surface area contributed by atoms with Crippen molar-refractivity contribution < 1.29 is 29.6 Å². The smallest absolute Gasteiger partial charge is 0.328 e. The molecule has 0 spiro atoms. The second-order valence-corrected chi connectivity index (χ2v) is 7.97. The van der Waals surface area contributed by atoms with E-state index in [9.17, 15) is 24.9 Å². The van der Waals surface area contributed by atoms with Gasteiger partial charge in [0, 0.05) is 12.5 Å². The fourth-order valence-electron chi connectivity index (χ4n) is 4.24. The summed E-state index contributed by atoms with van der Waals surface area (Å²) in [6.07, 6.45) is -0.447. The zero-order chi connectivity index (χ0) is 22.3. The molecule has 2 unspecified atom stereocenters. The van der Waals surface area contributed by atoms with E-state index in [0.29, 0.717) is 18.4 Å². The molecule has 1 aliphatic heterocycles. The molecule has 2 aromatic heterocycles. The first-order valence-corrected chi connectivity index (χ1v) is 10.0. The Morgan fingerprint density at radius 3 is 2.74 bits per heavy atom. The van der Waals surface area contributed by atoms with Gasteiger partial charge in [-0.2, -0.15) is 4.98 Å². The average Bonchev–Trinajstić information content (AvgIpc) is 3.33. The number of aromatic nitrogens is 4. The molecule has 0 bridgehead atoms. The topological polar surface area (TPSA) is 212 Å². The van der Waals surface area contributed by atoms with Crippen molar-refractivity contribution in [2.45, 2.75) is 62.3 Å². The third kappa shape index (κ3) is 4.04. The number of ether oxygens (including phenoxy) is 1. The van der Waals surface area contributed by atoms with E-state index < -0.39 is 48.4 Å². The molecule has 13 nitrogen and oxygen atoms in total. The lowest BCUT2D eigenvalue weighted by Crippen LogP contribution is -2.57. The standard InChI is InChI=1S/C18H25N7O6/c19-8-3-1-2-7(8)15(28)23-12(17(29)30)11-4-10(26)13(27)16(31-11)25-6-22-9-5-21-18(20)24-14(9)25/h5-8,10-13,16,26-27H,1-4,19H2,(H,23,28)(H,29,30)(H2,20,21,24)/t7?,8?,10-,11+,12-,13+,16+/m0/s1. The molecule has 13 heteroatoms.